The molecule has 1 amide bonds. The number of rotatable bonds is 3. The summed E-state index contributed by atoms with van der Waals surface area (Å²) in [6.07, 6.45) is 3.61. The summed E-state index contributed by atoms with van der Waals surface area (Å²) in [7, 11) is 1.68. The number of hydrogen-bond donors (Lipinski definition) is 1. The SMILES string of the molecule is COC1CCCN(C(=O)c2coc(CN)c2)C1. The molecule has 0 aromatic carbocycles. The largest absolute Gasteiger partial charge is 0.467 e. The van der Waals surface area contributed by atoms with Crippen LogP contribution in [0.1, 0.15) is 29.0 Å². The van der Waals surface area contributed by atoms with Crippen molar-refractivity contribution in [3.8, 4) is 0 Å². The quantitative estimate of drug-likeness (QED) is 0.852. The molecule has 1 fully saturated rings. The smallest absolute Gasteiger partial charge is 0.257 e. The summed E-state index contributed by atoms with van der Waals surface area (Å²) in [5, 5.41) is 0. The first-order chi connectivity index (χ1) is 8.24. The maximum Gasteiger partial charge on any atom is 0.257 e. The van der Waals surface area contributed by atoms with Crippen LogP contribution in [0.2, 0.25) is 0 Å². The van der Waals surface area contributed by atoms with Crippen LogP contribution in [0.5, 0.6) is 0 Å². The third-order valence-electron chi connectivity index (χ3n) is 3.10. The molecule has 0 spiro atoms. The Morgan fingerprint density at radius 1 is 1.71 bits per heavy atom. The second-order valence-corrected chi connectivity index (χ2v) is 4.26. The molecule has 5 heteroatoms. The molecule has 0 aliphatic carbocycles. The Morgan fingerprint density at radius 3 is 3.18 bits per heavy atom. The summed E-state index contributed by atoms with van der Waals surface area (Å²) in [5.74, 6) is 0.629. The van der Waals surface area contributed by atoms with Crippen molar-refractivity contribution in [3.05, 3.63) is 23.7 Å². The molecule has 1 atom stereocenters. The van der Waals surface area contributed by atoms with E-state index in [9.17, 15) is 4.79 Å². The molecule has 1 aromatic rings. The molecule has 2 N–H and O–H groups in total. The van der Waals surface area contributed by atoms with Gasteiger partial charge in [-0.05, 0) is 18.9 Å². The summed E-state index contributed by atoms with van der Waals surface area (Å²) in [6.45, 7) is 1.74. The Morgan fingerprint density at radius 2 is 2.53 bits per heavy atom. The Bertz CT molecular complexity index is 389. The highest BCUT2D eigenvalue weighted by Crippen LogP contribution is 2.17. The first-order valence-corrected chi connectivity index (χ1v) is 5.84. The van der Waals surface area contributed by atoms with E-state index in [0.717, 1.165) is 19.4 Å². The van der Waals surface area contributed by atoms with Crippen LogP contribution in [0.15, 0.2) is 16.7 Å². The van der Waals surface area contributed by atoms with E-state index in [-0.39, 0.29) is 12.0 Å². The van der Waals surface area contributed by atoms with Crippen LogP contribution >= 0.6 is 0 Å². The summed E-state index contributed by atoms with van der Waals surface area (Å²) >= 11 is 0. The van der Waals surface area contributed by atoms with E-state index in [1.807, 2.05) is 4.90 Å². The first kappa shape index (κ1) is 12.1. The topological polar surface area (TPSA) is 68.7 Å². The monoisotopic (exact) mass is 238 g/mol. The van der Waals surface area contributed by atoms with Gasteiger partial charge in [-0.3, -0.25) is 4.79 Å². The van der Waals surface area contributed by atoms with Crippen molar-refractivity contribution in [1.29, 1.82) is 0 Å². The lowest BCUT2D eigenvalue weighted by atomic mass is 10.1. The van der Waals surface area contributed by atoms with Gasteiger partial charge in [-0.2, -0.15) is 0 Å². The highest BCUT2D eigenvalue weighted by molar-refractivity contribution is 5.94. The average Bonchev–Trinajstić information content (AvgIpc) is 2.86. The molecule has 1 saturated heterocycles. The lowest BCUT2D eigenvalue weighted by molar-refractivity contribution is 0.0268. The van der Waals surface area contributed by atoms with Gasteiger partial charge in [-0.25, -0.2) is 0 Å². The van der Waals surface area contributed by atoms with Crippen molar-refractivity contribution in [3.63, 3.8) is 0 Å². The third kappa shape index (κ3) is 2.68. The number of carbonyl (C=O) groups excluding carboxylic acids is 1. The van der Waals surface area contributed by atoms with Gasteiger partial charge in [0.25, 0.3) is 5.91 Å². The number of nitrogens with zero attached hydrogens (tertiary/aromatic N) is 1. The predicted octanol–water partition coefficient (Wildman–Crippen LogP) is 0.989. The van der Waals surface area contributed by atoms with Gasteiger partial charge in [-0.15, -0.1) is 0 Å². The number of amides is 1. The molecule has 0 saturated carbocycles. The number of hydrogen-bond acceptors (Lipinski definition) is 4. The van der Waals surface area contributed by atoms with Crippen LogP contribution in [-0.2, 0) is 11.3 Å². The second-order valence-electron chi connectivity index (χ2n) is 4.26. The zero-order valence-electron chi connectivity index (χ0n) is 10.0. The maximum atomic E-state index is 12.2. The van der Waals surface area contributed by atoms with Crippen LogP contribution in [0.4, 0.5) is 0 Å². The molecule has 0 radical (unpaired) electrons. The molecule has 1 aliphatic heterocycles. The first-order valence-electron chi connectivity index (χ1n) is 5.84. The van der Waals surface area contributed by atoms with E-state index in [1.165, 1.54) is 6.26 Å². The maximum absolute atomic E-state index is 12.2. The molecule has 5 nitrogen and oxygen atoms in total. The van der Waals surface area contributed by atoms with Crippen LogP contribution in [-0.4, -0.2) is 37.1 Å². The van der Waals surface area contributed by atoms with Gasteiger partial charge in [0.1, 0.15) is 12.0 Å². The Kier molecular flexibility index (Phi) is 3.81. The van der Waals surface area contributed by atoms with Crippen molar-refractivity contribution < 1.29 is 13.9 Å². The molecule has 1 aromatic heterocycles. The minimum atomic E-state index is -0.00444. The minimum Gasteiger partial charge on any atom is -0.467 e. The summed E-state index contributed by atoms with van der Waals surface area (Å²) in [4.78, 5) is 14.0. The van der Waals surface area contributed by atoms with Crippen molar-refractivity contribution in [2.75, 3.05) is 20.2 Å². The van der Waals surface area contributed by atoms with Gasteiger partial charge >= 0.3 is 0 Å². The van der Waals surface area contributed by atoms with Crippen LogP contribution in [0.3, 0.4) is 0 Å². The molecule has 2 heterocycles. The fraction of sp³-hybridized carbons (Fsp3) is 0.583. The van der Waals surface area contributed by atoms with E-state index in [0.29, 0.717) is 24.4 Å². The standard InChI is InChI=1S/C12H18N2O3/c1-16-10-3-2-4-14(7-10)12(15)9-5-11(6-13)17-8-9/h5,8,10H,2-4,6-7,13H2,1H3. The predicted molar refractivity (Wildman–Crippen MR) is 62.5 cm³/mol. The lowest BCUT2D eigenvalue weighted by Gasteiger charge is -2.31. The molecular weight excluding hydrogens is 220 g/mol. The zero-order valence-corrected chi connectivity index (χ0v) is 10.0. The fourth-order valence-corrected chi connectivity index (χ4v) is 2.10. The number of ether oxygens (including phenoxy) is 1. The molecule has 1 aliphatic rings. The Labute approximate surface area is 101 Å². The molecule has 17 heavy (non-hydrogen) atoms. The summed E-state index contributed by atoms with van der Waals surface area (Å²) < 4.78 is 10.5. The van der Waals surface area contributed by atoms with Crippen LogP contribution in [0, 0.1) is 0 Å². The van der Waals surface area contributed by atoms with Gasteiger partial charge in [0.2, 0.25) is 0 Å². The molecular formula is C12H18N2O3. The average molecular weight is 238 g/mol. The van der Waals surface area contributed by atoms with E-state index >= 15 is 0 Å². The fourth-order valence-electron chi connectivity index (χ4n) is 2.10. The number of furan rings is 1. The highest BCUT2D eigenvalue weighted by Gasteiger charge is 2.25. The molecule has 2 rings (SSSR count). The van der Waals surface area contributed by atoms with Crippen LogP contribution in [0.25, 0.3) is 0 Å². The number of piperidine rings is 1. The van der Waals surface area contributed by atoms with E-state index in [1.54, 1.807) is 13.2 Å². The lowest BCUT2D eigenvalue weighted by Crippen LogP contribution is -2.42. The van der Waals surface area contributed by atoms with Gasteiger partial charge in [0.15, 0.2) is 0 Å². The highest BCUT2D eigenvalue weighted by atomic mass is 16.5. The zero-order chi connectivity index (χ0) is 12.3. The van der Waals surface area contributed by atoms with Crippen molar-refractivity contribution in [2.24, 2.45) is 5.73 Å². The van der Waals surface area contributed by atoms with Crippen molar-refractivity contribution in [1.82, 2.24) is 4.90 Å². The van der Waals surface area contributed by atoms with E-state index in [4.69, 9.17) is 14.9 Å². The van der Waals surface area contributed by atoms with Gasteiger partial charge in [0, 0.05) is 20.2 Å². The van der Waals surface area contributed by atoms with Gasteiger partial charge < -0.3 is 19.8 Å². The number of carbonyl (C=O) groups is 1. The normalized spacial score (nSPS) is 20.6. The summed E-state index contributed by atoms with van der Waals surface area (Å²) in [5.41, 5.74) is 6.02. The van der Waals surface area contributed by atoms with Gasteiger partial charge in [0.05, 0.1) is 18.2 Å². The second kappa shape index (κ2) is 5.33. The van der Waals surface area contributed by atoms with Crippen molar-refractivity contribution in [2.45, 2.75) is 25.5 Å². The molecule has 94 valence electrons. The number of nitrogens with two attached hydrogens (primary N) is 1. The Hall–Kier alpha value is -1.33. The van der Waals surface area contributed by atoms with Gasteiger partial charge in [-0.1, -0.05) is 0 Å². The third-order valence-corrected chi connectivity index (χ3v) is 3.10. The van der Waals surface area contributed by atoms with E-state index in [2.05, 4.69) is 0 Å². The van der Waals surface area contributed by atoms with Crippen molar-refractivity contribution >= 4 is 5.91 Å². The Balaban J connectivity index is 2.03. The number of likely N-dealkylation sites (tertiary alicyclic amines) is 1. The molecule has 1 unspecified atom stereocenters. The van der Waals surface area contributed by atoms with E-state index < -0.39 is 0 Å². The minimum absolute atomic E-state index is 0.00444. The summed E-state index contributed by atoms with van der Waals surface area (Å²) in [6, 6.07) is 1.71. The molecule has 0 bridgehead atoms. The van der Waals surface area contributed by atoms with Crippen LogP contribution < -0.4 is 5.73 Å². The number of methoxy groups -OCH3 is 1.